The van der Waals surface area contributed by atoms with Crippen LogP contribution in [0.4, 0.5) is 5.82 Å². The predicted octanol–water partition coefficient (Wildman–Crippen LogP) is 0.681. The van der Waals surface area contributed by atoms with E-state index < -0.39 is 11.5 Å². The van der Waals surface area contributed by atoms with Gasteiger partial charge in [0.15, 0.2) is 5.82 Å². The first-order chi connectivity index (χ1) is 8.90. The van der Waals surface area contributed by atoms with Crippen molar-refractivity contribution in [2.75, 3.05) is 5.32 Å². The Morgan fingerprint density at radius 3 is 2.63 bits per heavy atom. The number of hydrogen-bond donors (Lipinski definition) is 2. The molecule has 0 saturated heterocycles. The molecule has 7 nitrogen and oxygen atoms in total. The number of nitrogens with zero attached hydrogens (tertiary/aromatic N) is 3. The van der Waals surface area contributed by atoms with Gasteiger partial charge in [0, 0.05) is 18.8 Å². The maximum absolute atomic E-state index is 12.2. The molecule has 0 bridgehead atoms. The highest BCUT2D eigenvalue weighted by Crippen LogP contribution is 2.10. The second-order valence-electron chi connectivity index (χ2n) is 4.40. The molecule has 2 rings (SSSR count). The highest BCUT2D eigenvalue weighted by Gasteiger charge is 2.18. The van der Waals surface area contributed by atoms with Crippen LogP contribution in [-0.4, -0.2) is 25.9 Å². The van der Waals surface area contributed by atoms with Crippen LogP contribution in [0.15, 0.2) is 10.9 Å². The summed E-state index contributed by atoms with van der Waals surface area (Å²) in [4.78, 5) is 24.2. The summed E-state index contributed by atoms with van der Waals surface area (Å²) in [5.41, 5.74) is 1.72. The van der Waals surface area contributed by atoms with Gasteiger partial charge < -0.3 is 5.32 Å². The number of carbonyl (C=O) groups excluding carboxylic acids is 1. The topological polar surface area (TPSA) is 92.7 Å². The average Bonchev–Trinajstić information content (AvgIpc) is 2.72. The smallest absolute Gasteiger partial charge is 0.279 e. The van der Waals surface area contributed by atoms with Gasteiger partial charge in [0.05, 0.1) is 5.69 Å². The highest BCUT2D eigenvalue weighted by atomic mass is 16.2. The van der Waals surface area contributed by atoms with E-state index in [-0.39, 0.29) is 5.56 Å². The molecule has 0 aliphatic heterocycles. The molecular formula is C12H15N5O2. The third-order valence-corrected chi connectivity index (χ3v) is 2.90. The van der Waals surface area contributed by atoms with Crippen LogP contribution in [0.1, 0.15) is 27.3 Å². The predicted molar refractivity (Wildman–Crippen MR) is 70.2 cm³/mol. The first kappa shape index (κ1) is 13.0. The van der Waals surface area contributed by atoms with E-state index in [1.807, 2.05) is 6.92 Å². The molecule has 100 valence electrons. The Hall–Kier alpha value is -2.44. The van der Waals surface area contributed by atoms with E-state index in [1.165, 1.54) is 7.05 Å². The third-order valence-electron chi connectivity index (χ3n) is 2.90. The van der Waals surface area contributed by atoms with Gasteiger partial charge in [0.2, 0.25) is 0 Å². The molecule has 2 N–H and O–H groups in total. The number of amides is 1. The van der Waals surface area contributed by atoms with Crippen LogP contribution in [0.3, 0.4) is 0 Å². The van der Waals surface area contributed by atoms with Gasteiger partial charge in [0.1, 0.15) is 5.56 Å². The van der Waals surface area contributed by atoms with Crippen molar-refractivity contribution in [3.05, 3.63) is 38.9 Å². The summed E-state index contributed by atoms with van der Waals surface area (Å²) in [6, 6.07) is 1.69. The van der Waals surface area contributed by atoms with E-state index in [0.29, 0.717) is 17.1 Å². The zero-order valence-electron chi connectivity index (χ0n) is 11.2. The van der Waals surface area contributed by atoms with Gasteiger partial charge >= 0.3 is 0 Å². The van der Waals surface area contributed by atoms with Crippen molar-refractivity contribution in [1.82, 2.24) is 20.0 Å². The Morgan fingerprint density at radius 2 is 2.05 bits per heavy atom. The number of aryl methyl sites for hydroxylation is 3. The minimum absolute atomic E-state index is 0.0932. The SMILES string of the molecule is Cc1cc(NC(=O)c2c(C)c(C)nn(C)c2=O)n[nH]1. The quantitative estimate of drug-likeness (QED) is 0.831. The van der Waals surface area contributed by atoms with Crippen molar-refractivity contribution in [3.63, 3.8) is 0 Å². The Bertz CT molecular complexity index is 699. The fourth-order valence-electron chi connectivity index (χ4n) is 1.78. The lowest BCUT2D eigenvalue weighted by molar-refractivity contribution is 0.102. The van der Waals surface area contributed by atoms with Gasteiger partial charge in [-0.3, -0.25) is 14.7 Å². The molecule has 0 fully saturated rings. The summed E-state index contributed by atoms with van der Waals surface area (Å²) in [7, 11) is 1.52. The maximum Gasteiger partial charge on any atom is 0.279 e. The van der Waals surface area contributed by atoms with Gasteiger partial charge in [0.25, 0.3) is 11.5 Å². The molecule has 0 aliphatic rings. The molecule has 0 radical (unpaired) electrons. The molecule has 2 aromatic heterocycles. The standard InChI is InChI=1S/C12H15N5O2/c1-6-5-9(15-14-6)13-11(18)10-7(2)8(3)16-17(4)12(10)19/h5H,1-4H3,(H2,13,14,15,18). The molecule has 0 aliphatic carbocycles. The van der Waals surface area contributed by atoms with E-state index in [1.54, 1.807) is 19.9 Å². The van der Waals surface area contributed by atoms with Crippen molar-refractivity contribution in [3.8, 4) is 0 Å². The number of rotatable bonds is 2. The fourth-order valence-corrected chi connectivity index (χ4v) is 1.78. The third kappa shape index (κ3) is 2.40. The van der Waals surface area contributed by atoms with E-state index in [4.69, 9.17) is 0 Å². The molecule has 2 heterocycles. The number of hydrogen-bond acceptors (Lipinski definition) is 4. The van der Waals surface area contributed by atoms with E-state index in [0.717, 1.165) is 10.4 Å². The minimum atomic E-state index is -0.477. The van der Waals surface area contributed by atoms with Crippen molar-refractivity contribution in [2.24, 2.45) is 7.05 Å². The molecule has 2 aromatic rings. The molecule has 0 unspecified atom stereocenters. The van der Waals surface area contributed by atoms with E-state index >= 15 is 0 Å². The summed E-state index contributed by atoms with van der Waals surface area (Å²) < 4.78 is 1.16. The number of aromatic amines is 1. The Labute approximate surface area is 109 Å². The lowest BCUT2D eigenvalue weighted by Gasteiger charge is -2.08. The number of nitrogens with one attached hydrogen (secondary N) is 2. The number of carbonyl (C=O) groups is 1. The lowest BCUT2D eigenvalue weighted by Crippen LogP contribution is -2.31. The summed E-state index contributed by atoms with van der Waals surface area (Å²) in [5, 5.41) is 13.2. The van der Waals surface area contributed by atoms with Crippen molar-refractivity contribution in [2.45, 2.75) is 20.8 Å². The Morgan fingerprint density at radius 1 is 1.37 bits per heavy atom. The molecule has 0 spiro atoms. The van der Waals surface area contributed by atoms with Crippen molar-refractivity contribution < 1.29 is 4.79 Å². The maximum atomic E-state index is 12.2. The molecule has 19 heavy (non-hydrogen) atoms. The first-order valence-electron chi connectivity index (χ1n) is 5.78. The normalized spacial score (nSPS) is 10.5. The zero-order chi connectivity index (χ0) is 14.2. The van der Waals surface area contributed by atoms with Gasteiger partial charge in [-0.05, 0) is 26.3 Å². The van der Waals surface area contributed by atoms with Crippen molar-refractivity contribution >= 4 is 11.7 Å². The van der Waals surface area contributed by atoms with Crippen LogP contribution in [0.5, 0.6) is 0 Å². The molecule has 1 amide bonds. The molecule has 0 aromatic carbocycles. The van der Waals surface area contributed by atoms with Crippen LogP contribution < -0.4 is 10.9 Å². The lowest BCUT2D eigenvalue weighted by atomic mass is 10.1. The van der Waals surface area contributed by atoms with E-state index in [9.17, 15) is 9.59 Å². The summed E-state index contributed by atoms with van der Waals surface area (Å²) >= 11 is 0. The first-order valence-corrected chi connectivity index (χ1v) is 5.78. The molecule has 0 saturated carbocycles. The van der Waals surface area contributed by atoms with Gasteiger partial charge in [-0.25, -0.2) is 4.68 Å². The number of anilines is 1. The highest BCUT2D eigenvalue weighted by molar-refractivity contribution is 6.04. The second kappa shape index (κ2) is 4.68. The van der Waals surface area contributed by atoms with Gasteiger partial charge in [-0.2, -0.15) is 10.2 Å². The zero-order valence-corrected chi connectivity index (χ0v) is 11.2. The van der Waals surface area contributed by atoms with Crippen LogP contribution in [0, 0.1) is 20.8 Å². The minimum Gasteiger partial charge on any atom is -0.305 e. The fraction of sp³-hybridized carbons (Fsp3) is 0.333. The Kier molecular flexibility index (Phi) is 3.20. The van der Waals surface area contributed by atoms with Crippen LogP contribution in [0.2, 0.25) is 0 Å². The van der Waals surface area contributed by atoms with Crippen LogP contribution in [-0.2, 0) is 7.05 Å². The summed E-state index contributed by atoms with van der Waals surface area (Å²) in [5.74, 6) is -0.0893. The molecular weight excluding hydrogens is 246 g/mol. The monoisotopic (exact) mass is 261 g/mol. The molecule has 7 heteroatoms. The van der Waals surface area contributed by atoms with Crippen LogP contribution in [0.25, 0.3) is 0 Å². The van der Waals surface area contributed by atoms with Crippen molar-refractivity contribution in [1.29, 1.82) is 0 Å². The summed E-state index contributed by atoms with van der Waals surface area (Å²) in [6.45, 7) is 5.28. The number of aromatic nitrogens is 4. The van der Waals surface area contributed by atoms with Gasteiger partial charge in [-0.15, -0.1) is 0 Å². The largest absolute Gasteiger partial charge is 0.305 e. The second-order valence-corrected chi connectivity index (χ2v) is 4.40. The molecule has 0 atom stereocenters. The van der Waals surface area contributed by atoms with E-state index in [2.05, 4.69) is 20.6 Å². The van der Waals surface area contributed by atoms with Gasteiger partial charge in [-0.1, -0.05) is 0 Å². The van der Waals surface area contributed by atoms with Crippen LogP contribution >= 0.6 is 0 Å². The summed E-state index contributed by atoms with van der Waals surface area (Å²) in [6.07, 6.45) is 0. The average molecular weight is 261 g/mol. The Balaban J connectivity index is 2.42. The number of H-pyrrole nitrogens is 1.